The van der Waals surface area contributed by atoms with E-state index < -0.39 is 10.0 Å². The monoisotopic (exact) mass is 623 g/mol. The van der Waals surface area contributed by atoms with Crippen LogP contribution in [0.3, 0.4) is 0 Å². The van der Waals surface area contributed by atoms with Crippen LogP contribution in [0.2, 0.25) is 0 Å². The minimum absolute atomic E-state index is 0.0358. The number of nitrogens with one attached hydrogen (secondary N) is 2. The van der Waals surface area contributed by atoms with Crippen molar-refractivity contribution in [3.8, 4) is 0 Å². The first-order valence-corrected chi connectivity index (χ1v) is 15.4. The standard InChI is InChI=1S/C30H31BrN4O4S/c1-2-18-34-21-24(20-25(31)22-34)30(37)35(26-11-4-3-5-12-26)19-17-32-29(36)15-16-33-40(38,39)28-14-8-10-23-9-6-7-13-27(23)28/h3-14,20-22,33H,2,15-19H2,1H3/p+1. The minimum Gasteiger partial charge on any atom is -0.354 e. The van der Waals surface area contributed by atoms with Crippen molar-refractivity contribution in [2.75, 3.05) is 24.5 Å². The fourth-order valence-corrected chi connectivity index (χ4v) is 6.18. The van der Waals surface area contributed by atoms with E-state index in [1.165, 1.54) is 0 Å². The van der Waals surface area contributed by atoms with Crippen LogP contribution < -0.4 is 19.5 Å². The first-order valence-electron chi connectivity index (χ1n) is 13.1. The Labute approximate surface area is 243 Å². The van der Waals surface area contributed by atoms with Crippen molar-refractivity contribution < 1.29 is 22.6 Å². The van der Waals surface area contributed by atoms with Gasteiger partial charge in [-0.05, 0) is 45.6 Å². The molecule has 0 aliphatic heterocycles. The molecule has 0 spiro atoms. The van der Waals surface area contributed by atoms with Crippen molar-refractivity contribution in [2.45, 2.75) is 31.2 Å². The Kier molecular flexibility index (Phi) is 10.0. The second kappa shape index (κ2) is 13.6. The molecule has 0 aliphatic carbocycles. The average Bonchev–Trinajstić information content (AvgIpc) is 2.95. The van der Waals surface area contributed by atoms with Crippen LogP contribution in [0.25, 0.3) is 10.8 Å². The maximum absolute atomic E-state index is 13.5. The number of rotatable bonds is 12. The van der Waals surface area contributed by atoms with Crippen LogP contribution in [0.5, 0.6) is 0 Å². The Morgan fingerprint density at radius 1 is 0.925 bits per heavy atom. The quantitative estimate of drug-likeness (QED) is 0.228. The largest absolute Gasteiger partial charge is 0.354 e. The molecule has 0 fully saturated rings. The van der Waals surface area contributed by atoms with Gasteiger partial charge in [-0.25, -0.2) is 17.7 Å². The predicted octanol–water partition coefficient (Wildman–Crippen LogP) is 4.43. The third-order valence-electron chi connectivity index (χ3n) is 6.27. The number of para-hydroxylation sites is 1. The Morgan fingerprint density at radius 3 is 2.42 bits per heavy atom. The van der Waals surface area contributed by atoms with Gasteiger partial charge in [-0.15, -0.1) is 0 Å². The number of aromatic nitrogens is 1. The number of hydrogen-bond acceptors (Lipinski definition) is 4. The lowest BCUT2D eigenvalue weighted by Gasteiger charge is -2.23. The van der Waals surface area contributed by atoms with E-state index in [0.29, 0.717) is 16.6 Å². The number of hydrogen-bond donors (Lipinski definition) is 2. The van der Waals surface area contributed by atoms with Gasteiger partial charge in [0.05, 0.1) is 9.37 Å². The number of benzene rings is 3. The Hall–Kier alpha value is -3.60. The number of pyridine rings is 1. The van der Waals surface area contributed by atoms with Gasteiger partial charge in [0.25, 0.3) is 5.91 Å². The third kappa shape index (κ3) is 7.53. The average molecular weight is 625 g/mol. The molecule has 8 nitrogen and oxygen atoms in total. The molecule has 208 valence electrons. The highest BCUT2D eigenvalue weighted by Crippen LogP contribution is 2.22. The molecule has 0 unspecified atom stereocenters. The van der Waals surface area contributed by atoms with Gasteiger partial charge in [-0.2, -0.15) is 0 Å². The molecule has 10 heteroatoms. The van der Waals surface area contributed by atoms with Gasteiger partial charge < -0.3 is 10.2 Å². The van der Waals surface area contributed by atoms with Crippen LogP contribution >= 0.6 is 15.9 Å². The van der Waals surface area contributed by atoms with Crippen molar-refractivity contribution in [1.82, 2.24) is 10.0 Å². The highest BCUT2D eigenvalue weighted by Gasteiger charge is 2.22. The number of halogens is 1. The summed E-state index contributed by atoms with van der Waals surface area (Å²) in [6.07, 6.45) is 4.66. The normalized spacial score (nSPS) is 11.3. The van der Waals surface area contributed by atoms with E-state index in [1.807, 2.05) is 65.5 Å². The summed E-state index contributed by atoms with van der Waals surface area (Å²) in [7, 11) is -3.79. The molecular formula is C30H32BrN4O4S+. The maximum atomic E-state index is 13.5. The summed E-state index contributed by atoms with van der Waals surface area (Å²) in [5, 5.41) is 4.25. The topological polar surface area (TPSA) is 99.5 Å². The van der Waals surface area contributed by atoms with E-state index >= 15 is 0 Å². The maximum Gasteiger partial charge on any atom is 0.264 e. The lowest BCUT2D eigenvalue weighted by atomic mass is 10.1. The molecule has 3 aromatic carbocycles. The summed E-state index contributed by atoms with van der Waals surface area (Å²) < 4.78 is 31.1. The molecular weight excluding hydrogens is 592 g/mol. The molecule has 4 rings (SSSR count). The van der Waals surface area contributed by atoms with Gasteiger partial charge in [0.15, 0.2) is 12.4 Å². The van der Waals surface area contributed by atoms with Crippen LogP contribution in [0.4, 0.5) is 5.69 Å². The van der Waals surface area contributed by atoms with Crippen LogP contribution in [0, 0.1) is 0 Å². The van der Waals surface area contributed by atoms with E-state index in [4.69, 9.17) is 0 Å². The van der Waals surface area contributed by atoms with Crippen molar-refractivity contribution in [3.05, 3.63) is 101 Å². The first-order chi connectivity index (χ1) is 19.3. The number of nitrogens with zero attached hydrogens (tertiary/aromatic N) is 2. The predicted molar refractivity (Wildman–Crippen MR) is 160 cm³/mol. The van der Waals surface area contributed by atoms with Gasteiger partial charge in [0.2, 0.25) is 15.9 Å². The van der Waals surface area contributed by atoms with E-state index in [-0.39, 0.29) is 42.8 Å². The lowest BCUT2D eigenvalue weighted by molar-refractivity contribution is -0.697. The number of sulfonamides is 1. The molecule has 4 aromatic rings. The van der Waals surface area contributed by atoms with Crippen molar-refractivity contribution in [1.29, 1.82) is 0 Å². The fraction of sp³-hybridized carbons (Fsp3) is 0.233. The van der Waals surface area contributed by atoms with E-state index in [0.717, 1.165) is 22.8 Å². The molecule has 0 radical (unpaired) electrons. The second-order valence-electron chi connectivity index (χ2n) is 9.25. The molecule has 40 heavy (non-hydrogen) atoms. The molecule has 0 saturated carbocycles. The number of amides is 2. The third-order valence-corrected chi connectivity index (χ3v) is 8.22. The highest BCUT2D eigenvalue weighted by atomic mass is 79.9. The van der Waals surface area contributed by atoms with E-state index in [9.17, 15) is 18.0 Å². The molecule has 0 aliphatic rings. The Balaban J connectivity index is 1.36. The second-order valence-corrected chi connectivity index (χ2v) is 11.9. The molecule has 0 atom stereocenters. The van der Waals surface area contributed by atoms with E-state index in [1.54, 1.807) is 35.2 Å². The van der Waals surface area contributed by atoms with Crippen LogP contribution in [-0.4, -0.2) is 39.9 Å². The number of anilines is 1. The summed E-state index contributed by atoms with van der Waals surface area (Å²) >= 11 is 3.50. The van der Waals surface area contributed by atoms with Gasteiger partial charge in [-0.3, -0.25) is 9.59 Å². The molecule has 1 heterocycles. The Bertz CT molecular complexity index is 1590. The lowest BCUT2D eigenvalue weighted by Crippen LogP contribution is -2.41. The summed E-state index contributed by atoms with van der Waals surface area (Å²) in [5.74, 6) is -0.501. The van der Waals surface area contributed by atoms with Crippen LogP contribution in [-0.2, 0) is 21.4 Å². The number of carbonyl (C=O) groups excluding carboxylic acids is 2. The van der Waals surface area contributed by atoms with Crippen molar-refractivity contribution in [2.24, 2.45) is 0 Å². The zero-order valence-corrected chi connectivity index (χ0v) is 24.6. The van der Waals surface area contributed by atoms with Crippen LogP contribution in [0.1, 0.15) is 30.1 Å². The van der Waals surface area contributed by atoms with E-state index in [2.05, 4.69) is 32.9 Å². The summed E-state index contributed by atoms with van der Waals surface area (Å²) in [6, 6.07) is 23.4. The summed E-state index contributed by atoms with van der Waals surface area (Å²) in [6.45, 7) is 3.26. The Morgan fingerprint density at radius 2 is 1.65 bits per heavy atom. The smallest absolute Gasteiger partial charge is 0.264 e. The SMILES string of the molecule is CCC[n+]1cc(Br)cc(C(=O)N(CCNC(=O)CCNS(=O)(=O)c2cccc3ccccc23)c2ccccc2)c1. The molecule has 1 aromatic heterocycles. The van der Waals surface area contributed by atoms with Crippen molar-refractivity contribution >= 4 is 54.2 Å². The number of fused-ring (bicyclic) bond motifs is 1. The summed E-state index contributed by atoms with van der Waals surface area (Å²) in [5.41, 5.74) is 1.24. The van der Waals surface area contributed by atoms with Gasteiger partial charge in [0.1, 0.15) is 12.1 Å². The number of carbonyl (C=O) groups is 2. The summed E-state index contributed by atoms with van der Waals surface area (Å²) in [4.78, 5) is 27.9. The van der Waals surface area contributed by atoms with Gasteiger partial charge in [-0.1, -0.05) is 61.5 Å². The van der Waals surface area contributed by atoms with Crippen molar-refractivity contribution in [3.63, 3.8) is 0 Å². The molecule has 0 saturated heterocycles. The molecule has 2 N–H and O–H groups in total. The molecule has 2 amide bonds. The zero-order valence-electron chi connectivity index (χ0n) is 22.2. The van der Waals surface area contributed by atoms with Gasteiger partial charge in [0, 0.05) is 43.5 Å². The minimum atomic E-state index is -3.79. The fourth-order valence-electron chi connectivity index (χ4n) is 4.42. The zero-order chi connectivity index (χ0) is 28.5. The van der Waals surface area contributed by atoms with Gasteiger partial charge >= 0.3 is 0 Å². The first kappa shape index (κ1) is 29.4. The highest BCUT2D eigenvalue weighted by molar-refractivity contribution is 9.10. The van der Waals surface area contributed by atoms with Crippen LogP contribution in [0.15, 0.2) is 101 Å². The molecule has 0 bridgehead atoms. The number of aryl methyl sites for hydroxylation is 1.